The van der Waals surface area contributed by atoms with Crippen molar-refractivity contribution >= 4 is 17.5 Å². The topological polar surface area (TPSA) is 53.3 Å². The van der Waals surface area contributed by atoms with Crippen LogP contribution in [0.3, 0.4) is 0 Å². The third-order valence-corrected chi connectivity index (χ3v) is 5.55. The molecule has 1 aromatic heterocycles. The van der Waals surface area contributed by atoms with Crippen LogP contribution in [0.25, 0.3) is 0 Å². The molecule has 1 unspecified atom stereocenters. The molecule has 5 nitrogen and oxygen atoms in total. The number of ether oxygens (including phenoxy) is 2. The van der Waals surface area contributed by atoms with Crippen LogP contribution in [0.1, 0.15) is 34.6 Å². The van der Waals surface area contributed by atoms with Crippen LogP contribution in [0.4, 0.5) is 0 Å². The van der Waals surface area contributed by atoms with E-state index in [-0.39, 0.29) is 11.9 Å². The van der Waals surface area contributed by atoms with E-state index in [4.69, 9.17) is 9.47 Å². The summed E-state index contributed by atoms with van der Waals surface area (Å²) in [6.45, 7) is 5.72. The molecule has 2 heterocycles. The second-order valence-corrected chi connectivity index (χ2v) is 7.17. The zero-order valence-electron chi connectivity index (χ0n) is 14.9. The number of aryl methyl sites for hydroxylation is 1. The van der Waals surface area contributed by atoms with Crippen molar-refractivity contribution in [2.75, 3.05) is 19.5 Å². The van der Waals surface area contributed by atoms with Crippen LogP contribution in [0.2, 0.25) is 0 Å². The number of ketones is 1. The molecule has 1 aliphatic heterocycles. The van der Waals surface area contributed by atoms with Gasteiger partial charge in [0.1, 0.15) is 5.75 Å². The number of Topliss-reactive ketones (excluding diaryl/α,β-unsaturated/α-hetero) is 1. The molecule has 25 heavy (non-hydrogen) atoms. The molecular formula is C19H24N2O3S. The Labute approximate surface area is 152 Å². The number of imidazole rings is 1. The number of aromatic nitrogens is 2. The minimum atomic E-state index is 0.0458. The lowest BCUT2D eigenvalue weighted by Gasteiger charge is -2.14. The minimum Gasteiger partial charge on any atom is -0.496 e. The van der Waals surface area contributed by atoms with Gasteiger partial charge in [0.05, 0.1) is 36.8 Å². The quantitative estimate of drug-likeness (QED) is 0.557. The van der Waals surface area contributed by atoms with Crippen molar-refractivity contribution in [2.24, 2.45) is 0 Å². The molecule has 1 saturated heterocycles. The van der Waals surface area contributed by atoms with Gasteiger partial charge >= 0.3 is 0 Å². The average molecular weight is 360 g/mol. The number of para-hydroxylation sites is 1. The molecule has 3 rings (SSSR count). The first kappa shape index (κ1) is 18.0. The molecule has 6 heteroatoms. The Morgan fingerprint density at radius 1 is 1.40 bits per heavy atom. The molecule has 1 fully saturated rings. The fourth-order valence-electron chi connectivity index (χ4n) is 3.02. The number of rotatable bonds is 7. The Hall–Kier alpha value is -1.79. The van der Waals surface area contributed by atoms with Crippen LogP contribution < -0.4 is 4.74 Å². The first-order chi connectivity index (χ1) is 12.1. The summed E-state index contributed by atoms with van der Waals surface area (Å²) in [5.74, 6) is 0.995. The van der Waals surface area contributed by atoms with E-state index in [2.05, 4.69) is 16.5 Å². The van der Waals surface area contributed by atoms with Crippen molar-refractivity contribution in [2.45, 2.75) is 44.5 Å². The largest absolute Gasteiger partial charge is 0.496 e. The lowest BCUT2D eigenvalue weighted by atomic mass is 10.1. The molecular weight excluding hydrogens is 336 g/mol. The number of hydrogen-bond acceptors (Lipinski definition) is 5. The Morgan fingerprint density at radius 3 is 2.92 bits per heavy atom. The molecule has 0 spiro atoms. The first-order valence-corrected chi connectivity index (χ1v) is 9.53. The van der Waals surface area contributed by atoms with Crippen LogP contribution in [-0.2, 0) is 11.3 Å². The first-order valence-electron chi connectivity index (χ1n) is 8.54. The average Bonchev–Trinajstić information content (AvgIpc) is 3.23. The van der Waals surface area contributed by atoms with Crippen molar-refractivity contribution in [1.29, 1.82) is 0 Å². The van der Waals surface area contributed by atoms with Crippen molar-refractivity contribution in [3.63, 3.8) is 0 Å². The maximum atomic E-state index is 12.6. The molecule has 0 N–H and O–H groups in total. The summed E-state index contributed by atoms with van der Waals surface area (Å²) in [7, 11) is 1.58. The van der Waals surface area contributed by atoms with Gasteiger partial charge in [-0.15, -0.1) is 0 Å². The fraction of sp³-hybridized carbons (Fsp3) is 0.474. The van der Waals surface area contributed by atoms with E-state index in [0.29, 0.717) is 17.1 Å². The highest BCUT2D eigenvalue weighted by Gasteiger charge is 2.21. The second-order valence-electron chi connectivity index (χ2n) is 6.22. The van der Waals surface area contributed by atoms with Crippen LogP contribution in [0.5, 0.6) is 5.75 Å². The monoisotopic (exact) mass is 360 g/mol. The van der Waals surface area contributed by atoms with Gasteiger partial charge in [-0.1, -0.05) is 23.9 Å². The number of methoxy groups -OCH3 is 1. The number of thioether (sulfide) groups is 1. The van der Waals surface area contributed by atoms with Gasteiger partial charge in [0.25, 0.3) is 0 Å². The summed E-state index contributed by atoms with van der Waals surface area (Å²) in [5.41, 5.74) is 2.76. The molecule has 1 atom stereocenters. The van der Waals surface area contributed by atoms with Gasteiger partial charge in [-0.05, 0) is 38.8 Å². The molecule has 0 radical (unpaired) electrons. The highest BCUT2D eigenvalue weighted by molar-refractivity contribution is 7.99. The van der Waals surface area contributed by atoms with Crippen molar-refractivity contribution in [3.05, 3.63) is 41.2 Å². The van der Waals surface area contributed by atoms with Crippen molar-refractivity contribution < 1.29 is 14.3 Å². The van der Waals surface area contributed by atoms with Gasteiger partial charge in [0.15, 0.2) is 10.9 Å². The highest BCUT2D eigenvalue weighted by atomic mass is 32.2. The number of hydrogen-bond donors (Lipinski definition) is 0. The molecule has 0 bridgehead atoms. The molecule has 2 aromatic rings. The Morgan fingerprint density at radius 2 is 2.20 bits per heavy atom. The zero-order chi connectivity index (χ0) is 17.8. The van der Waals surface area contributed by atoms with Gasteiger partial charge in [0.2, 0.25) is 0 Å². The molecule has 0 saturated carbocycles. The van der Waals surface area contributed by atoms with E-state index in [1.54, 1.807) is 13.2 Å². The van der Waals surface area contributed by atoms with Crippen LogP contribution in [0, 0.1) is 13.8 Å². The summed E-state index contributed by atoms with van der Waals surface area (Å²) in [6.07, 6.45) is 2.45. The Balaban J connectivity index is 1.72. The van der Waals surface area contributed by atoms with Crippen molar-refractivity contribution in [1.82, 2.24) is 9.55 Å². The van der Waals surface area contributed by atoms with Gasteiger partial charge in [-0.2, -0.15) is 0 Å². The Kier molecular flexibility index (Phi) is 5.81. The minimum absolute atomic E-state index is 0.0458. The predicted octanol–water partition coefficient (Wildman–Crippen LogP) is 3.66. The molecule has 1 aliphatic rings. The van der Waals surface area contributed by atoms with E-state index in [1.165, 1.54) is 11.8 Å². The second kappa shape index (κ2) is 8.06. The highest BCUT2D eigenvalue weighted by Crippen LogP contribution is 2.26. The maximum absolute atomic E-state index is 12.6. The van der Waals surface area contributed by atoms with E-state index in [9.17, 15) is 4.79 Å². The number of carbonyl (C=O) groups excluding carboxylic acids is 1. The lowest BCUT2D eigenvalue weighted by Crippen LogP contribution is -2.17. The predicted molar refractivity (Wildman–Crippen MR) is 98.7 cm³/mol. The van der Waals surface area contributed by atoms with Gasteiger partial charge in [0, 0.05) is 12.3 Å². The number of benzene rings is 1. The normalized spacial score (nSPS) is 17.0. The molecule has 134 valence electrons. The lowest BCUT2D eigenvalue weighted by molar-refractivity contribution is 0.0945. The zero-order valence-corrected chi connectivity index (χ0v) is 15.8. The number of nitrogens with zero attached hydrogens (tertiary/aromatic N) is 2. The summed E-state index contributed by atoms with van der Waals surface area (Å²) in [5, 5.41) is 0.883. The van der Waals surface area contributed by atoms with Crippen LogP contribution in [-0.4, -0.2) is 40.9 Å². The maximum Gasteiger partial charge on any atom is 0.176 e. The smallest absolute Gasteiger partial charge is 0.176 e. The van der Waals surface area contributed by atoms with E-state index in [1.807, 2.05) is 25.1 Å². The molecule has 1 aromatic carbocycles. The van der Waals surface area contributed by atoms with Gasteiger partial charge in [-0.3, -0.25) is 4.79 Å². The van der Waals surface area contributed by atoms with Gasteiger partial charge in [-0.25, -0.2) is 4.98 Å². The Bertz CT molecular complexity index is 751. The van der Waals surface area contributed by atoms with Crippen LogP contribution in [0.15, 0.2) is 29.4 Å². The summed E-state index contributed by atoms with van der Waals surface area (Å²) < 4.78 is 13.2. The SMILES string of the molecule is COc1ccccc1C(=O)CSc1nc(C)c(C)n1CC1CCCO1. The fourth-order valence-corrected chi connectivity index (χ4v) is 4.01. The van der Waals surface area contributed by atoms with Crippen molar-refractivity contribution in [3.8, 4) is 5.75 Å². The molecule has 0 amide bonds. The standard InChI is InChI=1S/C19H24N2O3S/c1-13-14(2)21(11-15-7-6-10-24-15)19(20-13)25-12-17(22)16-8-4-5-9-18(16)23-3/h4-5,8-9,15H,6-7,10-12H2,1-3H3. The van der Waals surface area contributed by atoms with E-state index in [0.717, 1.165) is 42.5 Å². The van der Waals surface area contributed by atoms with Gasteiger partial charge < -0.3 is 14.0 Å². The van der Waals surface area contributed by atoms with Crippen LogP contribution >= 0.6 is 11.8 Å². The number of carbonyl (C=O) groups is 1. The third kappa shape index (κ3) is 4.07. The van der Waals surface area contributed by atoms with E-state index >= 15 is 0 Å². The summed E-state index contributed by atoms with van der Waals surface area (Å²) in [4.78, 5) is 17.2. The third-order valence-electron chi connectivity index (χ3n) is 4.57. The molecule has 0 aliphatic carbocycles. The summed E-state index contributed by atoms with van der Waals surface area (Å²) >= 11 is 1.48. The summed E-state index contributed by atoms with van der Waals surface area (Å²) in [6, 6.07) is 7.33. The van der Waals surface area contributed by atoms with E-state index < -0.39 is 0 Å².